The highest BCUT2D eigenvalue weighted by atomic mass is 16.2. The molecule has 0 bridgehead atoms. The third-order valence-corrected chi connectivity index (χ3v) is 0.712. The first-order chi connectivity index (χ1) is 4.27. The summed E-state index contributed by atoms with van der Waals surface area (Å²) < 4.78 is 0. The molecule has 0 rings (SSSR count). The molecule has 0 amide bonds. The van der Waals surface area contributed by atoms with Crippen molar-refractivity contribution in [2.24, 2.45) is 4.99 Å². The van der Waals surface area contributed by atoms with E-state index in [-0.39, 0.29) is 6.61 Å². The molecule has 1 N–H and O–H groups in total. The van der Waals surface area contributed by atoms with E-state index in [9.17, 15) is 0 Å². The lowest BCUT2D eigenvalue weighted by Gasteiger charge is -1.89. The molecule has 9 heavy (non-hydrogen) atoms. The van der Waals surface area contributed by atoms with Gasteiger partial charge in [-0.1, -0.05) is 6.08 Å². The zero-order valence-electron chi connectivity index (χ0n) is 5.91. The first-order valence-corrected chi connectivity index (χ1v) is 3.06. The Morgan fingerprint density at radius 1 is 1.56 bits per heavy atom. The van der Waals surface area contributed by atoms with Crippen molar-refractivity contribution >= 4 is 6.21 Å². The topological polar surface area (TPSA) is 32.6 Å². The van der Waals surface area contributed by atoms with Gasteiger partial charge in [-0.25, -0.2) is 0 Å². The Bertz CT molecular complexity index is 105. The number of aliphatic hydroxyl groups excluding tert-OH is 1. The summed E-state index contributed by atoms with van der Waals surface area (Å²) >= 11 is 0. The summed E-state index contributed by atoms with van der Waals surface area (Å²) in [4.78, 5) is 4.04. The third-order valence-electron chi connectivity index (χ3n) is 0.712. The average molecular weight is 127 g/mol. The SMILES string of the molecule is CC(C)N=C/C=C\CO. The Hall–Kier alpha value is -0.630. The summed E-state index contributed by atoms with van der Waals surface area (Å²) in [6.07, 6.45) is 5.08. The van der Waals surface area contributed by atoms with Crippen molar-refractivity contribution in [2.75, 3.05) is 6.61 Å². The highest BCUT2D eigenvalue weighted by Gasteiger charge is 1.78. The minimum atomic E-state index is 0.0874. The number of rotatable bonds is 3. The molecule has 0 aliphatic rings. The summed E-state index contributed by atoms with van der Waals surface area (Å²) in [5, 5.41) is 8.28. The smallest absolute Gasteiger partial charge is 0.0616 e. The summed E-state index contributed by atoms with van der Waals surface area (Å²) in [7, 11) is 0. The molecule has 0 spiro atoms. The van der Waals surface area contributed by atoms with Gasteiger partial charge in [0.1, 0.15) is 0 Å². The van der Waals surface area contributed by atoms with Crippen LogP contribution in [0.4, 0.5) is 0 Å². The third kappa shape index (κ3) is 7.37. The van der Waals surface area contributed by atoms with E-state index >= 15 is 0 Å². The van der Waals surface area contributed by atoms with Crippen molar-refractivity contribution in [1.82, 2.24) is 0 Å². The molecule has 52 valence electrons. The van der Waals surface area contributed by atoms with Crippen molar-refractivity contribution in [3.05, 3.63) is 12.2 Å². The highest BCUT2D eigenvalue weighted by Crippen LogP contribution is 1.82. The maximum absolute atomic E-state index is 8.28. The van der Waals surface area contributed by atoms with Gasteiger partial charge in [-0.3, -0.25) is 4.99 Å². The molecule has 0 unspecified atom stereocenters. The van der Waals surface area contributed by atoms with Gasteiger partial charge in [-0.05, 0) is 19.9 Å². The van der Waals surface area contributed by atoms with Crippen LogP contribution in [0.25, 0.3) is 0 Å². The van der Waals surface area contributed by atoms with E-state index in [4.69, 9.17) is 5.11 Å². The van der Waals surface area contributed by atoms with Crippen LogP contribution in [0, 0.1) is 0 Å². The molecule has 0 aromatic rings. The summed E-state index contributed by atoms with van der Waals surface area (Å²) in [6, 6.07) is 0.341. The minimum absolute atomic E-state index is 0.0874. The number of allylic oxidation sites excluding steroid dienone is 1. The molecule has 0 atom stereocenters. The molecule has 0 fully saturated rings. The Balaban J connectivity index is 3.35. The van der Waals surface area contributed by atoms with Crippen molar-refractivity contribution in [2.45, 2.75) is 19.9 Å². The second-order valence-corrected chi connectivity index (χ2v) is 2.00. The van der Waals surface area contributed by atoms with Crippen LogP contribution >= 0.6 is 0 Å². The van der Waals surface area contributed by atoms with Gasteiger partial charge in [0.15, 0.2) is 0 Å². The predicted octanol–water partition coefficient (Wildman–Crippen LogP) is 1.01. The van der Waals surface area contributed by atoms with Gasteiger partial charge in [0.25, 0.3) is 0 Å². The molecule has 2 nitrogen and oxygen atoms in total. The van der Waals surface area contributed by atoms with Gasteiger partial charge in [0.05, 0.1) is 6.61 Å². The predicted molar refractivity (Wildman–Crippen MR) is 39.9 cm³/mol. The number of nitrogens with zero attached hydrogens (tertiary/aromatic N) is 1. The van der Waals surface area contributed by atoms with Gasteiger partial charge in [-0.15, -0.1) is 0 Å². The van der Waals surface area contributed by atoms with E-state index < -0.39 is 0 Å². The van der Waals surface area contributed by atoms with E-state index in [0.717, 1.165) is 0 Å². The summed E-state index contributed by atoms with van der Waals surface area (Å²) in [5.74, 6) is 0. The highest BCUT2D eigenvalue weighted by molar-refractivity contribution is 5.71. The molecule has 0 aliphatic heterocycles. The average Bonchev–Trinajstić information content (AvgIpc) is 1.80. The maximum Gasteiger partial charge on any atom is 0.0616 e. The number of hydrogen-bond acceptors (Lipinski definition) is 2. The van der Waals surface area contributed by atoms with Gasteiger partial charge in [0.2, 0.25) is 0 Å². The Morgan fingerprint density at radius 2 is 2.22 bits per heavy atom. The quantitative estimate of drug-likeness (QED) is 0.564. The zero-order chi connectivity index (χ0) is 7.11. The largest absolute Gasteiger partial charge is 0.392 e. The Labute approximate surface area is 55.9 Å². The molecule has 0 heterocycles. The van der Waals surface area contributed by atoms with Gasteiger partial charge >= 0.3 is 0 Å². The first kappa shape index (κ1) is 8.37. The zero-order valence-corrected chi connectivity index (χ0v) is 5.91. The molecule has 0 aromatic carbocycles. The van der Waals surface area contributed by atoms with Crippen molar-refractivity contribution in [3.63, 3.8) is 0 Å². The number of aliphatic imine (C=N–C) groups is 1. The lowest BCUT2D eigenvalue weighted by atomic mass is 10.4. The minimum Gasteiger partial charge on any atom is -0.392 e. The van der Waals surface area contributed by atoms with Crippen LogP contribution in [0.3, 0.4) is 0 Å². The van der Waals surface area contributed by atoms with Crippen LogP contribution in [0.2, 0.25) is 0 Å². The van der Waals surface area contributed by atoms with Crippen LogP contribution in [0.5, 0.6) is 0 Å². The Kier molecular flexibility index (Phi) is 5.12. The molecule has 0 saturated carbocycles. The molecule has 0 saturated heterocycles. The fourth-order valence-electron chi connectivity index (χ4n) is 0.344. The van der Waals surface area contributed by atoms with Crippen molar-refractivity contribution in [1.29, 1.82) is 0 Å². The second kappa shape index (κ2) is 5.51. The van der Waals surface area contributed by atoms with Crippen molar-refractivity contribution in [3.8, 4) is 0 Å². The monoisotopic (exact) mass is 127 g/mol. The van der Waals surface area contributed by atoms with Gasteiger partial charge in [-0.2, -0.15) is 0 Å². The summed E-state index contributed by atoms with van der Waals surface area (Å²) in [6.45, 7) is 4.09. The lowest BCUT2D eigenvalue weighted by Crippen LogP contribution is -1.86. The van der Waals surface area contributed by atoms with Crippen LogP contribution in [-0.4, -0.2) is 24.0 Å². The fourth-order valence-corrected chi connectivity index (χ4v) is 0.344. The maximum atomic E-state index is 8.28. The van der Waals surface area contributed by atoms with Crippen LogP contribution in [-0.2, 0) is 0 Å². The molecule has 0 aromatic heterocycles. The molecular weight excluding hydrogens is 114 g/mol. The molecule has 0 radical (unpaired) electrons. The summed E-state index contributed by atoms with van der Waals surface area (Å²) in [5.41, 5.74) is 0. The van der Waals surface area contributed by atoms with E-state index in [0.29, 0.717) is 6.04 Å². The molecule has 2 heteroatoms. The van der Waals surface area contributed by atoms with Gasteiger partial charge < -0.3 is 5.11 Å². The van der Waals surface area contributed by atoms with E-state index in [2.05, 4.69) is 4.99 Å². The normalized spacial score (nSPS) is 12.4. The second-order valence-electron chi connectivity index (χ2n) is 2.00. The van der Waals surface area contributed by atoms with Crippen LogP contribution < -0.4 is 0 Å². The fraction of sp³-hybridized carbons (Fsp3) is 0.571. The van der Waals surface area contributed by atoms with Gasteiger partial charge in [0, 0.05) is 12.3 Å². The molecular formula is C7H13NO. The lowest BCUT2D eigenvalue weighted by molar-refractivity contribution is 0.343. The van der Waals surface area contributed by atoms with E-state index in [1.54, 1.807) is 18.4 Å². The first-order valence-electron chi connectivity index (χ1n) is 3.06. The van der Waals surface area contributed by atoms with Crippen LogP contribution in [0.15, 0.2) is 17.1 Å². The standard InChI is InChI=1S/C7H13NO/c1-7(2)8-5-3-4-6-9/h3-5,7,9H,6H2,1-2H3/b4-3-,8-5?. The van der Waals surface area contributed by atoms with E-state index in [1.165, 1.54) is 0 Å². The number of aliphatic hydroxyl groups is 1. The van der Waals surface area contributed by atoms with Crippen molar-refractivity contribution < 1.29 is 5.11 Å². The van der Waals surface area contributed by atoms with E-state index in [1.807, 2.05) is 13.8 Å². The van der Waals surface area contributed by atoms with Crippen LogP contribution in [0.1, 0.15) is 13.8 Å². The Morgan fingerprint density at radius 3 is 2.67 bits per heavy atom. The molecule has 0 aliphatic carbocycles. The number of hydrogen-bond donors (Lipinski definition) is 1.